The molecular weight excluding hydrogens is 615 g/mol. The Hall–Kier alpha value is -3.40. The number of Topliss-reactive ketones (excluding diaryl/α,β-unsaturated/α-hetero) is 1. The van der Waals surface area contributed by atoms with Crippen LogP contribution < -0.4 is 9.64 Å². The minimum Gasteiger partial charge on any atom is -0.491 e. The first-order valence-electron chi connectivity index (χ1n) is 13.3. The molecule has 2 fully saturated rings. The molecule has 2 atom stereocenters. The van der Waals surface area contributed by atoms with Crippen LogP contribution in [0.3, 0.4) is 0 Å². The van der Waals surface area contributed by atoms with Crippen LogP contribution in [0.4, 0.5) is 19.0 Å². The highest BCUT2D eigenvalue weighted by atomic mass is 35.5. The number of anilines is 1. The number of thiophene rings is 1. The summed E-state index contributed by atoms with van der Waals surface area (Å²) in [5.74, 6) is -4.49. The minimum atomic E-state index is -4.99. The summed E-state index contributed by atoms with van der Waals surface area (Å²) in [7, 11) is 2.83. The van der Waals surface area contributed by atoms with E-state index in [-0.39, 0.29) is 30.2 Å². The van der Waals surface area contributed by atoms with Gasteiger partial charge in [-0.15, -0.1) is 11.3 Å². The standard InChI is InChI=1S/C27H29ClF3N5O6S/c1-15-13-42-14-17(15)26(39)36-25(33(2)10-16-4-5-19(28)43-16)23(40-3)22(32-36)21-18(37)11-35(24(21)27(29,30)31)20(38)12-34-6-8-41-9-7-34/h4-5,13-14,21,24H,6-12H2,1-3H3. The third kappa shape index (κ3) is 6.16. The van der Waals surface area contributed by atoms with E-state index >= 15 is 0 Å². The van der Waals surface area contributed by atoms with Crippen LogP contribution in [0.15, 0.2) is 29.1 Å². The van der Waals surface area contributed by atoms with Crippen molar-refractivity contribution >= 4 is 46.4 Å². The van der Waals surface area contributed by atoms with Gasteiger partial charge < -0.3 is 23.7 Å². The van der Waals surface area contributed by atoms with Crippen molar-refractivity contribution < 1.29 is 41.4 Å². The number of alkyl halides is 3. The van der Waals surface area contributed by atoms with Crippen LogP contribution >= 0.6 is 22.9 Å². The largest absolute Gasteiger partial charge is 0.491 e. The molecule has 5 rings (SSSR count). The summed E-state index contributed by atoms with van der Waals surface area (Å²) in [6.45, 7) is 2.24. The molecule has 0 radical (unpaired) electrons. The number of halogens is 4. The van der Waals surface area contributed by atoms with E-state index in [1.807, 2.05) is 0 Å². The highest BCUT2D eigenvalue weighted by molar-refractivity contribution is 7.16. The van der Waals surface area contributed by atoms with Crippen LogP contribution in [0.2, 0.25) is 4.34 Å². The second kappa shape index (κ2) is 12.3. The van der Waals surface area contributed by atoms with Crippen LogP contribution in [-0.4, -0.2) is 103 Å². The molecule has 11 nitrogen and oxygen atoms in total. The molecule has 5 heterocycles. The van der Waals surface area contributed by atoms with Crippen molar-refractivity contribution in [1.82, 2.24) is 19.6 Å². The zero-order valence-corrected chi connectivity index (χ0v) is 25.1. The number of morpholine rings is 1. The Labute approximate surface area is 253 Å². The third-order valence-electron chi connectivity index (χ3n) is 7.45. The first-order chi connectivity index (χ1) is 20.4. The van der Waals surface area contributed by atoms with E-state index in [0.29, 0.717) is 41.1 Å². The maximum atomic E-state index is 14.7. The van der Waals surface area contributed by atoms with Gasteiger partial charge >= 0.3 is 6.18 Å². The summed E-state index contributed by atoms with van der Waals surface area (Å²) < 4.78 is 61.6. The molecule has 0 spiro atoms. The number of hydrogen-bond donors (Lipinski definition) is 0. The maximum absolute atomic E-state index is 14.7. The van der Waals surface area contributed by atoms with Gasteiger partial charge in [-0.1, -0.05) is 11.6 Å². The van der Waals surface area contributed by atoms with E-state index in [9.17, 15) is 27.6 Å². The second-order valence-corrected chi connectivity index (χ2v) is 12.1. The number of ketones is 1. The Morgan fingerprint density at radius 3 is 2.53 bits per heavy atom. The van der Waals surface area contributed by atoms with Crippen LogP contribution in [0, 0.1) is 6.92 Å². The van der Waals surface area contributed by atoms with Crippen LogP contribution in [0.1, 0.15) is 32.4 Å². The molecule has 3 aromatic rings. The fourth-order valence-electron chi connectivity index (χ4n) is 5.40. The zero-order valence-electron chi connectivity index (χ0n) is 23.5. The normalized spacial score (nSPS) is 19.7. The maximum Gasteiger partial charge on any atom is 0.409 e. The quantitative estimate of drug-likeness (QED) is 0.364. The molecule has 2 saturated heterocycles. The number of carbonyl (C=O) groups excluding carboxylic acids is 3. The van der Waals surface area contributed by atoms with Gasteiger partial charge in [0.25, 0.3) is 5.91 Å². The van der Waals surface area contributed by atoms with Crippen molar-refractivity contribution in [3.63, 3.8) is 0 Å². The number of amides is 1. The van der Waals surface area contributed by atoms with Gasteiger partial charge in [0.05, 0.1) is 62.0 Å². The smallest absolute Gasteiger partial charge is 0.409 e. The number of rotatable bonds is 8. The van der Waals surface area contributed by atoms with Gasteiger partial charge in [-0.05, 0) is 19.1 Å². The van der Waals surface area contributed by atoms with Crippen LogP contribution in [0.5, 0.6) is 5.75 Å². The Morgan fingerprint density at radius 2 is 1.95 bits per heavy atom. The summed E-state index contributed by atoms with van der Waals surface area (Å²) in [5, 5.41) is 4.30. The van der Waals surface area contributed by atoms with Crippen molar-refractivity contribution in [2.75, 3.05) is 58.5 Å². The molecule has 2 aliphatic heterocycles. The molecule has 3 aromatic heterocycles. The van der Waals surface area contributed by atoms with Gasteiger partial charge in [0.2, 0.25) is 5.91 Å². The van der Waals surface area contributed by atoms with E-state index < -0.39 is 48.0 Å². The number of likely N-dealkylation sites (tertiary alicyclic amines) is 1. The van der Waals surface area contributed by atoms with Crippen molar-refractivity contribution in [2.45, 2.75) is 31.6 Å². The molecule has 43 heavy (non-hydrogen) atoms. The van der Waals surface area contributed by atoms with Gasteiger partial charge in [0.15, 0.2) is 17.4 Å². The highest BCUT2D eigenvalue weighted by Crippen LogP contribution is 2.46. The highest BCUT2D eigenvalue weighted by Gasteiger charge is 2.59. The topological polar surface area (TPSA) is 110 Å². The Bertz CT molecular complexity index is 1510. The lowest BCUT2D eigenvalue weighted by atomic mass is 9.94. The molecule has 0 aliphatic carbocycles. The Kier molecular flexibility index (Phi) is 8.88. The number of carbonyl (C=O) groups is 3. The van der Waals surface area contributed by atoms with E-state index in [1.54, 1.807) is 35.9 Å². The number of aromatic nitrogens is 2. The first-order valence-corrected chi connectivity index (χ1v) is 14.5. The molecule has 1 amide bonds. The summed E-state index contributed by atoms with van der Waals surface area (Å²) in [4.78, 5) is 44.9. The molecule has 16 heteroatoms. The minimum absolute atomic E-state index is 0.0273. The molecular formula is C27H29ClF3N5O6S. The van der Waals surface area contributed by atoms with Crippen molar-refractivity contribution in [3.05, 3.63) is 50.7 Å². The summed E-state index contributed by atoms with van der Waals surface area (Å²) in [6.07, 6.45) is -2.43. The number of hydrogen-bond acceptors (Lipinski definition) is 10. The van der Waals surface area contributed by atoms with E-state index in [2.05, 4.69) is 5.10 Å². The monoisotopic (exact) mass is 643 g/mol. The number of nitrogens with zero attached hydrogens (tertiary/aromatic N) is 5. The van der Waals surface area contributed by atoms with Crippen LogP contribution in [0.25, 0.3) is 0 Å². The average Bonchev–Trinajstić information content (AvgIpc) is 3.73. The molecule has 2 unspecified atom stereocenters. The average molecular weight is 644 g/mol. The van der Waals surface area contributed by atoms with Gasteiger partial charge in [0.1, 0.15) is 18.0 Å². The number of ether oxygens (including phenoxy) is 2. The van der Waals surface area contributed by atoms with E-state index in [1.165, 1.54) is 31.0 Å². The number of methoxy groups -OCH3 is 1. The SMILES string of the molecule is COc1c(C2C(=O)CN(C(=O)CN3CCOCC3)C2C(F)(F)F)nn(C(=O)c2cocc2C)c1N(C)Cc1ccc(Cl)s1. The fourth-order valence-corrected chi connectivity index (χ4v) is 6.54. The zero-order chi connectivity index (χ0) is 31.1. The van der Waals surface area contributed by atoms with Gasteiger partial charge in [-0.3, -0.25) is 19.3 Å². The predicted octanol–water partition coefficient (Wildman–Crippen LogP) is 3.59. The lowest BCUT2D eigenvalue weighted by Gasteiger charge is -2.32. The lowest BCUT2D eigenvalue weighted by Crippen LogP contribution is -2.51. The number of furan rings is 1. The molecule has 0 saturated carbocycles. The van der Waals surface area contributed by atoms with Crippen molar-refractivity contribution in [3.8, 4) is 5.75 Å². The van der Waals surface area contributed by atoms with E-state index in [0.717, 1.165) is 9.56 Å². The molecule has 0 aromatic carbocycles. The molecule has 232 valence electrons. The van der Waals surface area contributed by atoms with Crippen molar-refractivity contribution in [1.29, 1.82) is 0 Å². The summed E-state index contributed by atoms with van der Waals surface area (Å²) in [6, 6.07) is 0.964. The number of aryl methyl sites for hydroxylation is 1. The van der Waals surface area contributed by atoms with E-state index in [4.69, 9.17) is 25.5 Å². The molecule has 2 aliphatic rings. The van der Waals surface area contributed by atoms with Gasteiger partial charge in [0, 0.05) is 30.6 Å². The van der Waals surface area contributed by atoms with Gasteiger partial charge in [-0.25, -0.2) is 0 Å². The second-order valence-electron chi connectivity index (χ2n) is 10.3. The summed E-state index contributed by atoms with van der Waals surface area (Å²) in [5.41, 5.74) is 0.208. The van der Waals surface area contributed by atoms with Crippen LogP contribution in [-0.2, 0) is 20.9 Å². The fraction of sp³-hybridized carbons (Fsp3) is 0.481. The predicted molar refractivity (Wildman–Crippen MR) is 150 cm³/mol. The first kappa shape index (κ1) is 31.0. The van der Waals surface area contributed by atoms with Gasteiger partial charge in [-0.2, -0.15) is 23.0 Å². The van der Waals surface area contributed by atoms with Crippen molar-refractivity contribution in [2.24, 2.45) is 0 Å². The third-order valence-corrected chi connectivity index (χ3v) is 8.66. The lowest BCUT2D eigenvalue weighted by molar-refractivity contribution is -0.186. The Morgan fingerprint density at radius 1 is 1.23 bits per heavy atom. The molecule has 0 bridgehead atoms. The Balaban J connectivity index is 1.59. The molecule has 0 N–H and O–H groups in total. The summed E-state index contributed by atoms with van der Waals surface area (Å²) >= 11 is 7.38.